The minimum atomic E-state index is -0.542. The van der Waals surface area contributed by atoms with Gasteiger partial charge in [0.15, 0.2) is 12.4 Å². The first kappa shape index (κ1) is 18.7. The molecule has 3 aromatic rings. The maximum Gasteiger partial charge on any atom is 0.263 e. The molecule has 0 fully saturated rings. The number of carbonyl (C=O) groups is 2. The molecular weight excluding hydrogens is 361 g/mol. The van der Waals surface area contributed by atoms with E-state index in [-0.39, 0.29) is 29.3 Å². The van der Waals surface area contributed by atoms with Crippen LogP contribution >= 0.6 is 0 Å². The average molecular weight is 375 g/mol. The molecule has 0 saturated heterocycles. The normalized spacial score (nSPS) is 10.0. The van der Waals surface area contributed by atoms with Crippen LogP contribution in [0, 0.1) is 17.1 Å². The molecule has 3 rings (SSSR count). The van der Waals surface area contributed by atoms with Crippen LogP contribution in [0.15, 0.2) is 66.9 Å². The van der Waals surface area contributed by atoms with Crippen LogP contribution in [0.1, 0.15) is 21.5 Å². The molecule has 1 amide bonds. The number of amides is 1. The van der Waals surface area contributed by atoms with Crippen molar-refractivity contribution in [2.24, 2.45) is 0 Å². The number of carbonyl (C=O) groups excluding carboxylic acids is 2. The molecule has 138 valence electrons. The molecule has 0 radical (unpaired) electrons. The summed E-state index contributed by atoms with van der Waals surface area (Å²) in [6.45, 7) is -0.362. The standard InChI is InChI=1S/C21H14FN3O3/c22-16-9-7-14(8-10-16)20(27)17-5-3-11-24-21(17)25-19(26)13-28-18-6-2-1-4-15(18)12-23/h1-11H,13H2,(H,24,25,26). The van der Waals surface area contributed by atoms with Crippen molar-refractivity contribution in [2.75, 3.05) is 11.9 Å². The number of anilines is 1. The number of nitrogens with zero attached hydrogens (tertiary/aromatic N) is 2. The van der Waals surface area contributed by atoms with Gasteiger partial charge in [0, 0.05) is 11.8 Å². The highest BCUT2D eigenvalue weighted by molar-refractivity contribution is 6.13. The Bertz CT molecular complexity index is 1060. The number of pyridine rings is 1. The molecule has 0 bridgehead atoms. The first-order valence-electron chi connectivity index (χ1n) is 8.25. The van der Waals surface area contributed by atoms with E-state index in [0.717, 1.165) is 0 Å². The van der Waals surface area contributed by atoms with Crippen LogP contribution in [0.25, 0.3) is 0 Å². The van der Waals surface area contributed by atoms with E-state index >= 15 is 0 Å². The monoisotopic (exact) mass is 375 g/mol. The van der Waals surface area contributed by atoms with Gasteiger partial charge in [-0.2, -0.15) is 5.26 Å². The first-order valence-corrected chi connectivity index (χ1v) is 8.25. The Balaban J connectivity index is 1.72. The number of hydrogen-bond donors (Lipinski definition) is 1. The molecule has 0 saturated carbocycles. The lowest BCUT2D eigenvalue weighted by Gasteiger charge is -2.11. The van der Waals surface area contributed by atoms with Gasteiger partial charge < -0.3 is 10.1 Å². The van der Waals surface area contributed by atoms with Crippen molar-refractivity contribution in [3.05, 3.63) is 89.4 Å². The molecule has 2 aromatic carbocycles. The van der Waals surface area contributed by atoms with Crippen molar-refractivity contribution in [3.8, 4) is 11.8 Å². The minimum Gasteiger partial charge on any atom is -0.482 e. The number of hydrogen-bond acceptors (Lipinski definition) is 5. The van der Waals surface area contributed by atoms with Crippen molar-refractivity contribution in [2.45, 2.75) is 0 Å². The molecule has 0 aliphatic rings. The molecule has 0 spiro atoms. The fraction of sp³-hybridized carbons (Fsp3) is 0.0476. The number of benzene rings is 2. The molecule has 0 unspecified atom stereocenters. The summed E-state index contributed by atoms with van der Waals surface area (Å²) >= 11 is 0. The Morgan fingerprint density at radius 1 is 1.07 bits per heavy atom. The minimum absolute atomic E-state index is 0.0685. The Kier molecular flexibility index (Phi) is 5.72. The Hall–Kier alpha value is -4.05. The van der Waals surface area contributed by atoms with Crippen LogP contribution in [0.4, 0.5) is 10.2 Å². The van der Waals surface area contributed by atoms with Gasteiger partial charge in [-0.3, -0.25) is 9.59 Å². The third kappa shape index (κ3) is 4.37. The van der Waals surface area contributed by atoms with Gasteiger partial charge in [-0.15, -0.1) is 0 Å². The summed E-state index contributed by atoms with van der Waals surface area (Å²) in [5.41, 5.74) is 0.740. The summed E-state index contributed by atoms with van der Waals surface area (Å²) in [6.07, 6.45) is 1.43. The molecule has 0 aliphatic heterocycles. The van der Waals surface area contributed by atoms with Crippen LogP contribution in [0.2, 0.25) is 0 Å². The summed E-state index contributed by atoms with van der Waals surface area (Å²) in [5, 5.41) is 11.6. The van der Waals surface area contributed by atoms with Gasteiger partial charge >= 0.3 is 0 Å². The van der Waals surface area contributed by atoms with E-state index in [1.807, 2.05) is 6.07 Å². The molecule has 0 atom stereocenters. The molecular formula is C21H14FN3O3. The van der Waals surface area contributed by atoms with E-state index in [9.17, 15) is 14.0 Å². The number of halogens is 1. The van der Waals surface area contributed by atoms with Crippen LogP contribution in [0.5, 0.6) is 5.75 Å². The number of rotatable bonds is 6. The fourth-order valence-corrected chi connectivity index (χ4v) is 2.44. The zero-order chi connectivity index (χ0) is 19.9. The first-order chi connectivity index (χ1) is 13.6. The zero-order valence-electron chi connectivity index (χ0n) is 14.6. The second-order valence-electron chi connectivity index (χ2n) is 5.68. The number of para-hydroxylation sites is 1. The van der Waals surface area contributed by atoms with E-state index in [1.54, 1.807) is 30.3 Å². The lowest BCUT2D eigenvalue weighted by atomic mass is 10.0. The number of ketones is 1. The van der Waals surface area contributed by atoms with E-state index in [2.05, 4.69) is 10.3 Å². The molecule has 0 aliphatic carbocycles. The van der Waals surface area contributed by atoms with E-state index < -0.39 is 17.5 Å². The third-order valence-electron chi connectivity index (χ3n) is 3.78. The van der Waals surface area contributed by atoms with Crippen LogP contribution in [-0.2, 0) is 4.79 Å². The smallest absolute Gasteiger partial charge is 0.263 e. The number of aromatic nitrogens is 1. The van der Waals surface area contributed by atoms with Gasteiger partial charge in [-0.1, -0.05) is 12.1 Å². The van der Waals surface area contributed by atoms with E-state index in [4.69, 9.17) is 10.00 Å². The van der Waals surface area contributed by atoms with Crippen molar-refractivity contribution in [1.82, 2.24) is 4.98 Å². The number of nitrogens with one attached hydrogen (secondary N) is 1. The lowest BCUT2D eigenvalue weighted by molar-refractivity contribution is -0.118. The van der Waals surface area contributed by atoms with Crippen molar-refractivity contribution >= 4 is 17.5 Å². The molecule has 7 heteroatoms. The maximum atomic E-state index is 13.1. The van der Waals surface area contributed by atoms with Gasteiger partial charge in [0.05, 0.1) is 11.1 Å². The maximum absolute atomic E-state index is 13.1. The predicted octanol–water partition coefficient (Wildman–Crippen LogP) is 3.34. The Labute approximate surface area is 160 Å². The quantitative estimate of drug-likeness (QED) is 0.667. The highest BCUT2D eigenvalue weighted by atomic mass is 19.1. The topological polar surface area (TPSA) is 92.1 Å². The summed E-state index contributed by atoms with van der Waals surface area (Å²) in [7, 11) is 0. The Morgan fingerprint density at radius 2 is 1.82 bits per heavy atom. The fourth-order valence-electron chi connectivity index (χ4n) is 2.44. The predicted molar refractivity (Wildman–Crippen MR) is 99.4 cm³/mol. The van der Waals surface area contributed by atoms with Gasteiger partial charge in [0.25, 0.3) is 5.91 Å². The largest absolute Gasteiger partial charge is 0.482 e. The SMILES string of the molecule is N#Cc1ccccc1OCC(=O)Nc1ncccc1C(=O)c1ccc(F)cc1. The molecule has 1 aromatic heterocycles. The average Bonchev–Trinajstić information content (AvgIpc) is 2.73. The number of nitriles is 1. The molecule has 6 nitrogen and oxygen atoms in total. The van der Waals surface area contributed by atoms with Crippen LogP contribution in [-0.4, -0.2) is 23.3 Å². The molecule has 1 heterocycles. The van der Waals surface area contributed by atoms with Crippen molar-refractivity contribution < 1.29 is 18.7 Å². The van der Waals surface area contributed by atoms with E-state index in [1.165, 1.54) is 36.5 Å². The molecule has 28 heavy (non-hydrogen) atoms. The van der Waals surface area contributed by atoms with Gasteiger partial charge in [-0.25, -0.2) is 9.37 Å². The van der Waals surface area contributed by atoms with Crippen LogP contribution in [0.3, 0.4) is 0 Å². The second kappa shape index (κ2) is 8.56. The van der Waals surface area contributed by atoms with Crippen molar-refractivity contribution in [3.63, 3.8) is 0 Å². The summed E-state index contributed by atoms with van der Waals surface area (Å²) in [4.78, 5) is 28.9. The lowest BCUT2D eigenvalue weighted by Crippen LogP contribution is -2.22. The zero-order valence-corrected chi connectivity index (χ0v) is 14.6. The number of ether oxygens (including phenoxy) is 1. The van der Waals surface area contributed by atoms with E-state index in [0.29, 0.717) is 5.56 Å². The summed E-state index contributed by atoms with van der Waals surface area (Å²) in [6, 6.07) is 16.7. The van der Waals surface area contributed by atoms with Crippen molar-refractivity contribution in [1.29, 1.82) is 5.26 Å². The summed E-state index contributed by atoms with van der Waals surface area (Å²) < 4.78 is 18.4. The Morgan fingerprint density at radius 3 is 2.57 bits per heavy atom. The van der Waals surface area contributed by atoms with Gasteiger partial charge in [0.2, 0.25) is 0 Å². The van der Waals surface area contributed by atoms with Gasteiger partial charge in [-0.05, 0) is 48.5 Å². The highest BCUT2D eigenvalue weighted by Crippen LogP contribution is 2.19. The highest BCUT2D eigenvalue weighted by Gasteiger charge is 2.17. The third-order valence-corrected chi connectivity index (χ3v) is 3.78. The second-order valence-corrected chi connectivity index (χ2v) is 5.68. The molecule has 1 N–H and O–H groups in total. The van der Waals surface area contributed by atoms with Gasteiger partial charge in [0.1, 0.15) is 23.5 Å². The van der Waals surface area contributed by atoms with Crippen LogP contribution < -0.4 is 10.1 Å². The summed E-state index contributed by atoms with van der Waals surface area (Å²) in [5.74, 6) is -1.05.